The van der Waals surface area contributed by atoms with Crippen molar-refractivity contribution in [2.75, 3.05) is 0 Å². The van der Waals surface area contributed by atoms with Gasteiger partial charge in [-0.2, -0.15) is 0 Å². The molecule has 0 N–H and O–H groups in total. The number of hydrogen-bond acceptors (Lipinski definition) is 0. The van der Waals surface area contributed by atoms with Crippen LogP contribution >= 0.6 is 15.8 Å². The largest absolute Gasteiger partial charge is 1.00 e. The molecule has 0 aromatic heterocycles. The number of benzene rings is 11. The molecule has 0 amide bonds. The third kappa shape index (κ3) is 10.9. The Morgan fingerprint density at radius 3 is 0.833 bits per heavy atom. The van der Waals surface area contributed by atoms with Crippen LogP contribution in [0.5, 0.6) is 0 Å². The molecule has 0 atom stereocenters. The summed E-state index contributed by atoms with van der Waals surface area (Å²) in [6.45, 7) is 0. The average molecular weight is 1160 g/mol. The zero-order valence-corrected chi connectivity index (χ0v) is 41.5. The van der Waals surface area contributed by atoms with Crippen LogP contribution in [0.25, 0.3) is 43.1 Å². The van der Waals surface area contributed by atoms with Gasteiger partial charge in [-0.3, -0.25) is 11.8 Å². The van der Waals surface area contributed by atoms with Crippen LogP contribution in [0, 0.1) is 24.7 Å². The van der Waals surface area contributed by atoms with Crippen LogP contribution < -0.4 is 31.8 Å². The molecular weight excluding hydrogens is 1110 g/mol. The van der Waals surface area contributed by atoms with Gasteiger partial charge in [-0.15, -0.1) is 23.3 Å². The van der Waals surface area contributed by atoms with E-state index in [9.17, 15) is 0 Å². The van der Waals surface area contributed by atoms with Crippen molar-refractivity contribution in [1.82, 2.24) is 0 Å². The van der Waals surface area contributed by atoms with E-state index in [0.717, 1.165) is 32.7 Å². The summed E-state index contributed by atoms with van der Waals surface area (Å²) >= 11 is 0. The summed E-state index contributed by atoms with van der Waals surface area (Å²) in [7, 11) is -2.28. The molecule has 0 saturated heterocycles. The zero-order valence-electron chi connectivity index (χ0n) is 35.9. The van der Waals surface area contributed by atoms with Crippen molar-refractivity contribution in [2.45, 2.75) is 0 Å². The minimum Gasteiger partial charge on any atom is -0.366 e. The molecule has 0 nitrogen and oxygen atoms in total. The molecule has 0 aliphatic rings. The summed E-state index contributed by atoms with van der Waals surface area (Å²) in [5.74, 6) is 4.97. The molecule has 11 aromatic rings. The molecule has 4 heteroatoms. The maximum Gasteiger partial charge on any atom is 1.00 e. The number of hydrogen-bond donors (Lipinski definition) is 0. The fraction of sp³-hybridized carbons (Fsp3) is 0. The second-order valence-corrected chi connectivity index (χ2v) is 20.3. The monoisotopic (exact) mass is 1150 g/mol. The fourth-order valence-corrected chi connectivity index (χ4v) is 14.4. The van der Waals surface area contributed by atoms with Gasteiger partial charge in [0, 0.05) is 0 Å². The van der Waals surface area contributed by atoms with Crippen molar-refractivity contribution in [1.29, 1.82) is 0 Å². The minimum atomic E-state index is -1.14. The van der Waals surface area contributed by atoms with Gasteiger partial charge in [0.15, 0.2) is 0 Å². The molecule has 0 unspecified atom stereocenters. The van der Waals surface area contributed by atoms with Crippen molar-refractivity contribution in [3.63, 3.8) is 0 Å². The quantitative estimate of drug-likeness (QED) is 0.0512. The van der Waals surface area contributed by atoms with Gasteiger partial charge in [0.05, 0.1) is 0 Å². The standard InChI is InChI=1S/C30H24P2.2C16H9.Ag.Au/c1-5-15-25(16-6-1)31(26-17-7-2-8-18-26)29-23-13-14-24-30(29)32(27-19-9-3-10-20-27)28-21-11-4-12-22-28;2*1-2-12-8-5-9-15-10-13-6-3-4-7-14(13)11-16(12)15;;/h1-24H;2*3-11H;;/q;2*-1;2*+1/p+2. The third-order valence-corrected chi connectivity index (χ3v) is 17.3. The van der Waals surface area contributed by atoms with Gasteiger partial charge in [-0.25, -0.2) is 0 Å². The fourth-order valence-electron chi connectivity index (χ4n) is 8.45. The van der Waals surface area contributed by atoms with E-state index in [1.807, 2.05) is 48.5 Å². The van der Waals surface area contributed by atoms with E-state index in [1.54, 1.807) is 0 Å². The van der Waals surface area contributed by atoms with Gasteiger partial charge in [-0.05, 0) is 105 Å². The van der Waals surface area contributed by atoms with Crippen molar-refractivity contribution >= 4 is 90.8 Å². The molecule has 11 rings (SSSR count). The third-order valence-electron chi connectivity index (χ3n) is 11.5. The first-order chi connectivity index (χ1) is 31.7. The summed E-state index contributed by atoms with van der Waals surface area (Å²) in [6.07, 6.45) is 14.6. The molecule has 0 aliphatic heterocycles. The van der Waals surface area contributed by atoms with Crippen LogP contribution in [-0.2, 0) is 44.8 Å². The van der Waals surface area contributed by atoms with Gasteiger partial charge in [-0.1, -0.05) is 181 Å². The van der Waals surface area contributed by atoms with E-state index in [2.05, 4.69) is 218 Å². The van der Waals surface area contributed by atoms with E-state index < -0.39 is 15.8 Å². The van der Waals surface area contributed by atoms with Crippen molar-refractivity contribution in [3.8, 4) is 11.8 Å². The minimum absolute atomic E-state index is 0. The SMILES string of the molecule is [Ag+].[Au+].[C-]#Cc1cccc2cc3ccccc3cc12.[C-]#Cc1cccc2cc3ccccc3cc12.c1ccc([PH+](c2ccccc2)c2ccccc2[PH+](c2ccccc2)c2ccccc2)cc1. The maximum atomic E-state index is 7.28. The Morgan fingerprint density at radius 2 is 0.530 bits per heavy atom. The smallest absolute Gasteiger partial charge is 0.366 e. The molecule has 0 heterocycles. The van der Waals surface area contributed by atoms with E-state index in [0.29, 0.717) is 0 Å². The van der Waals surface area contributed by atoms with Crippen molar-refractivity contribution < 1.29 is 44.8 Å². The molecule has 0 spiro atoms. The van der Waals surface area contributed by atoms with E-state index in [-0.39, 0.29) is 44.8 Å². The van der Waals surface area contributed by atoms with Gasteiger partial charge in [0.2, 0.25) is 0 Å². The van der Waals surface area contributed by atoms with Crippen molar-refractivity contribution in [3.05, 3.63) is 279 Å². The van der Waals surface area contributed by atoms with Crippen LogP contribution in [-0.4, -0.2) is 0 Å². The summed E-state index contributed by atoms with van der Waals surface area (Å²) in [6, 6.07) is 90.5. The number of rotatable bonds is 6. The van der Waals surface area contributed by atoms with Gasteiger partial charge in [0.25, 0.3) is 0 Å². The molecule has 0 bridgehead atoms. The summed E-state index contributed by atoms with van der Waals surface area (Å²) < 4.78 is 0. The number of fused-ring (bicyclic) bond motifs is 4. The van der Waals surface area contributed by atoms with Gasteiger partial charge in [0.1, 0.15) is 47.7 Å². The van der Waals surface area contributed by atoms with Crippen LogP contribution in [0.4, 0.5) is 0 Å². The van der Waals surface area contributed by atoms with Crippen LogP contribution in [0.15, 0.2) is 255 Å². The maximum absolute atomic E-state index is 7.28. The zero-order chi connectivity index (χ0) is 43.5. The molecule has 11 aromatic carbocycles. The molecule has 0 saturated carbocycles. The summed E-state index contributed by atoms with van der Waals surface area (Å²) in [5.41, 5.74) is 1.70. The van der Waals surface area contributed by atoms with E-state index in [1.165, 1.54) is 53.4 Å². The normalized spacial score (nSPS) is 10.4. The summed E-state index contributed by atoms with van der Waals surface area (Å²) in [5, 5.41) is 18.1. The van der Waals surface area contributed by atoms with Gasteiger partial charge >= 0.3 is 44.8 Å². The molecule has 322 valence electrons. The topological polar surface area (TPSA) is 0 Å². The predicted molar refractivity (Wildman–Crippen MR) is 282 cm³/mol. The molecule has 66 heavy (non-hydrogen) atoms. The Labute approximate surface area is 422 Å². The Hall–Kier alpha value is -6.08. The Bertz CT molecular complexity index is 3110. The molecule has 0 fully saturated rings. The first kappa shape index (κ1) is 47.9. The summed E-state index contributed by atoms with van der Waals surface area (Å²) in [4.78, 5) is 0. The average Bonchev–Trinajstić information content (AvgIpc) is 3.37. The van der Waals surface area contributed by atoms with Crippen LogP contribution in [0.1, 0.15) is 11.1 Å². The van der Waals surface area contributed by atoms with E-state index >= 15 is 0 Å². The Balaban J connectivity index is 0.000000160. The first-order valence-corrected chi connectivity index (χ1v) is 24.4. The Morgan fingerprint density at radius 1 is 0.273 bits per heavy atom. The second kappa shape index (κ2) is 23.4. The molecular formula is C62H44AgAuP2+2. The molecule has 0 aliphatic carbocycles. The predicted octanol–water partition coefficient (Wildman–Crippen LogP) is 12.5. The van der Waals surface area contributed by atoms with Crippen LogP contribution in [0.2, 0.25) is 0 Å². The van der Waals surface area contributed by atoms with Gasteiger partial charge < -0.3 is 12.8 Å². The van der Waals surface area contributed by atoms with Crippen molar-refractivity contribution in [2.24, 2.45) is 0 Å². The second-order valence-electron chi connectivity index (χ2n) is 15.5. The Kier molecular flexibility index (Phi) is 17.0. The molecule has 0 radical (unpaired) electrons. The first-order valence-electron chi connectivity index (χ1n) is 21.4. The van der Waals surface area contributed by atoms with E-state index in [4.69, 9.17) is 12.8 Å². The van der Waals surface area contributed by atoms with Crippen LogP contribution in [0.3, 0.4) is 0 Å².